The van der Waals surface area contributed by atoms with Crippen LogP contribution in [0.25, 0.3) is 22.6 Å². The average Bonchev–Trinajstić information content (AvgIpc) is 3.02. The smallest absolute Gasteiger partial charge is 0.227 e. The van der Waals surface area contributed by atoms with E-state index in [0.29, 0.717) is 24.8 Å². The second-order valence-corrected chi connectivity index (χ2v) is 4.72. The van der Waals surface area contributed by atoms with Crippen molar-refractivity contribution in [1.82, 2.24) is 4.98 Å². The van der Waals surface area contributed by atoms with Crippen LogP contribution in [0, 0.1) is 0 Å². The van der Waals surface area contributed by atoms with Gasteiger partial charge in [0.1, 0.15) is 5.52 Å². The first-order valence-electron chi connectivity index (χ1n) is 6.15. The molecule has 0 radical (unpaired) electrons. The Morgan fingerprint density at radius 3 is 2.84 bits per heavy atom. The lowest BCUT2D eigenvalue weighted by atomic mass is 10.1. The minimum Gasteiger partial charge on any atom is -0.436 e. The van der Waals surface area contributed by atoms with Crippen LogP contribution in [-0.4, -0.2) is 4.98 Å². The molecule has 0 saturated carbocycles. The van der Waals surface area contributed by atoms with Gasteiger partial charge in [0.05, 0.1) is 13.2 Å². The van der Waals surface area contributed by atoms with Crippen molar-refractivity contribution >= 4 is 16.8 Å². The number of anilines is 1. The van der Waals surface area contributed by atoms with Gasteiger partial charge in [-0.15, -0.1) is 0 Å². The lowest BCUT2D eigenvalue weighted by molar-refractivity contribution is 0.134. The third-order valence-electron chi connectivity index (χ3n) is 3.38. The zero-order chi connectivity index (χ0) is 12.8. The van der Waals surface area contributed by atoms with E-state index in [2.05, 4.69) is 17.1 Å². The maximum absolute atomic E-state index is 5.76. The zero-order valence-electron chi connectivity index (χ0n) is 10.2. The Bertz CT molecular complexity index is 777. The van der Waals surface area contributed by atoms with E-state index in [-0.39, 0.29) is 0 Å². The highest BCUT2D eigenvalue weighted by Gasteiger charge is 2.14. The van der Waals surface area contributed by atoms with Crippen LogP contribution in [0.1, 0.15) is 11.1 Å². The zero-order valence-corrected chi connectivity index (χ0v) is 10.2. The van der Waals surface area contributed by atoms with Crippen LogP contribution >= 0.6 is 0 Å². The Morgan fingerprint density at radius 2 is 1.89 bits per heavy atom. The summed E-state index contributed by atoms with van der Waals surface area (Å²) < 4.78 is 11.2. The topological polar surface area (TPSA) is 61.3 Å². The summed E-state index contributed by atoms with van der Waals surface area (Å²) in [7, 11) is 0. The van der Waals surface area contributed by atoms with Gasteiger partial charge in [-0.2, -0.15) is 0 Å². The second kappa shape index (κ2) is 3.83. The summed E-state index contributed by atoms with van der Waals surface area (Å²) >= 11 is 0. The maximum Gasteiger partial charge on any atom is 0.227 e. The number of fused-ring (bicyclic) bond motifs is 2. The Morgan fingerprint density at radius 1 is 1.00 bits per heavy atom. The van der Waals surface area contributed by atoms with E-state index < -0.39 is 0 Å². The van der Waals surface area contributed by atoms with Gasteiger partial charge in [-0.1, -0.05) is 6.07 Å². The van der Waals surface area contributed by atoms with E-state index in [4.69, 9.17) is 14.9 Å². The summed E-state index contributed by atoms with van der Waals surface area (Å²) in [5.41, 5.74) is 11.4. The van der Waals surface area contributed by atoms with Crippen LogP contribution in [0.5, 0.6) is 0 Å². The molecule has 19 heavy (non-hydrogen) atoms. The van der Waals surface area contributed by atoms with Crippen LogP contribution < -0.4 is 5.73 Å². The van der Waals surface area contributed by atoms with E-state index in [0.717, 1.165) is 16.7 Å². The first-order valence-corrected chi connectivity index (χ1v) is 6.15. The number of nitrogen functional groups attached to an aromatic ring is 1. The van der Waals surface area contributed by atoms with Crippen molar-refractivity contribution in [3.63, 3.8) is 0 Å². The number of oxazole rings is 1. The van der Waals surface area contributed by atoms with Gasteiger partial charge in [0, 0.05) is 11.3 Å². The molecule has 2 N–H and O–H groups in total. The van der Waals surface area contributed by atoms with E-state index >= 15 is 0 Å². The van der Waals surface area contributed by atoms with E-state index in [1.54, 1.807) is 0 Å². The lowest BCUT2D eigenvalue weighted by Gasteiger charge is -1.99. The predicted molar refractivity (Wildman–Crippen MR) is 72.4 cm³/mol. The number of benzene rings is 2. The van der Waals surface area contributed by atoms with Crippen LogP contribution in [0.15, 0.2) is 40.8 Å². The van der Waals surface area contributed by atoms with Crippen LogP contribution in [-0.2, 0) is 18.0 Å². The molecule has 94 valence electrons. The standard InChI is InChI=1S/C15H12N2O2/c16-12-3-4-14-13(6-12)17-15(19-14)9-1-2-10-7-18-8-11(10)5-9/h1-6H,7-8,16H2. The fourth-order valence-corrected chi connectivity index (χ4v) is 2.37. The first kappa shape index (κ1) is 10.6. The molecule has 1 aliphatic heterocycles. The summed E-state index contributed by atoms with van der Waals surface area (Å²) in [6, 6.07) is 11.6. The molecular weight excluding hydrogens is 240 g/mol. The molecule has 0 bridgehead atoms. The molecule has 0 amide bonds. The third kappa shape index (κ3) is 1.69. The molecule has 0 spiro atoms. The molecule has 0 unspecified atom stereocenters. The number of aromatic nitrogens is 1. The van der Waals surface area contributed by atoms with Crippen LogP contribution in [0.4, 0.5) is 5.69 Å². The third-order valence-corrected chi connectivity index (χ3v) is 3.38. The molecule has 3 aromatic rings. The number of hydrogen-bond acceptors (Lipinski definition) is 4. The number of nitrogens with two attached hydrogens (primary N) is 1. The summed E-state index contributed by atoms with van der Waals surface area (Å²) in [4.78, 5) is 4.48. The normalized spacial score (nSPS) is 13.9. The molecule has 1 aliphatic rings. The highest BCUT2D eigenvalue weighted by Crippen LogP contribution is 2.29. The molecular formula is C15H12N2O2. The first-order chi connectivity index (χ1) is 9.29. The highest BCUT2D eigenvalue weighted by molar-refractivity contribution is 5.79. The molecule has 4 heteroatoms. The van der Waals surface area contributed by atoms with E-state index in [9.17, 15) is 0 Å². The second-order valence-electron chi connectivity index (χ2n) is 4.72. The van der Waals surface area contributed by atoms with Crippen molar-refractivity contribution in [3.8, 4) is 11.5 Å². The molecule has 0 atom stereocenters. The van der Waals surface area contributed by atoms with Crippen LogP contribution in [0.2, 0.25) is 0 Å². The van der Waals surface area contributed by atoms with E-state index in [1.807, 2.05) is 24.3 Å². The van der Waals surface area contributed by atoms with Gasteiger partial charge in [0.25, 0.3) is 0 Å². The summed E-state index contributed by atoms with van der Waals surface area (Å²) in [5.74, 6) is 0.621. The Kier molecular flexibility index (Phi) is 2.13. The van der Waals surface area contributed by atoms with Crippen molar-refractivity contribution in [1.29, 1.82) is 0 Å². The van der Waals surface area contributed by atoms with Crippen molar-refractivity contribution in [2.45, 2.75) is 13.2 Å². The van der Waals surface area contributed by atoms with Gasteiger partial charge in [0.2, 0.25) is 5.89 Å². The average molecular weight is 252 g/mol. The maximum atomic E-state index is 5.76. The number of nitrogens with zero attached hydrogens (tertiary/aromatic N) is 1. The Labute approximate surface area is 109 Å². The molecule has 4 nitrogen and oxygen atoms in total. The fourth-order valence-electron chi connectivity index (χ4n) is 2.37. The fraction of sp³-hybridized carbons (Fsp3) is 0.133. The number of hydrogen-bond donors (Lipinski definition) is 1. The SMILES string of the molecule is Nc1ccc2oc(-c3ccc4c(c3)COC4)nc2c1. The monoisotopic (exact) mass is 252 g/mol. The van der Waals surface area contributed by atoms with E-state index in [1.165, 1.54) is 11.1 Å². The van der Waals surface area contributed by atoms with Crippen molar-refractivity contribution in [2.24, 2.45) is 0 Å². The van der Waals surface area contributed by atoms with Gasteiger partial charge < -0.3 is 14.9 Å². The van der Waals surface area contributed by atoms with Gasteiger partial charge in [0.15, 0.2) is 5.58 Å². The molecule has 1 aromatic heterocycles. The van der Waals surface area contributed by atoms with Gasteiger partial charge in [-0.25, -0.2) is 4.98 Å². The van der Waals surface area contributed by atoms with Crippen LogP contribution in [0.3, 0.4) is 0 Å². The number of rotatable bonds is 1. The molecule has 0 saturated heterocycles. The molecule has 0 aliphatic carbocycles. The minimum atomic E-state index is 0.621. The van der Waals surface area contributed by atoms with Gasteiger partial charge in [-0.3, -0.25) is 0 Å². The predicted octanol–water partition coefficient (Wildman–Crippen LogP) is 3.11. The quantitative estimate of drug-likeness (QED) is 0.676. The largest absolute Gasteiger partial charge is 0.436 e. The highest BCUT2D eigenvalue weighted by atomic mass is 16.5. The summed E-state index contributed by atoms with van der Waals surface area (Å²) in [5, 5.41) is 0. The summed E-state index contributed by atoms with van der Waals surface area (Å²) in [6.07, 6.45) is 0. The lowest BCUT2D eigenvalue weighted by Crippen LogP contribution is -1.84. The van der Waals surface area contributed by atoms with Gasteiger partial charge in [-0.05, 0) is 41.5 Å². The molecule has 0 fully saturated rings. The summed E-state index contributed by atoms with van der Waals surface area (Å²) in [6.45, 7) is 1.36. The Hall–Kier alpha value is -2.33. The Balaban J connectivity index is 1.85. The molecule has 2 heterocycles. The minimum absolute atomic E-state index is 0.621. The number of ether oxygens (including phenoxy) is 1. The van der Waals surface area contributed by atoms with Crippen molar-refractivity contribution in [2.75, 3.05) is 5.73 Å². The molecule has 4 rings (SSSR count). The molecule has 2 aromatic carbocycles. The van der Waals surface area contributed by atoms with Crippen molar-refractivity contribution < 1.29 is 9.15 Å². The van der Waals surface area contributed by atoms with Gasteiger partial charge >= 0.3 is 0 Å². The van der Waals surface area contributed by atoms with Crippen molar-refractivity contribution in [3.05, 3.63) is 47.5 Å².